The van der Waals surface area contributed by atoms with Gasteiger partial charge < -0.3 is 5.32 Å². The molecule has 1 aliphatic rings. The molecule has 0 saturated carbocycles. The first-order chi connectivity index (χ1) is 10.3. The van der Waals surface area contributed by atoms with E-state index in [4.69, 9.17) is 35.4 Å². The lowest BCUT2D eigenvalue weighted by atomic mass is 10.1. The van der Waals surface area contributed by atoms with Crippen LogP contribution in [0.15, 0.2) is 35.2 Å². The van der Waals surface area contributed by atoms with Gasteiger partial charge in [0.2, 0.25) is 5.91 Å². The fourth-order valence-electron chi connectivity index (χ4n) is 2.15. The van der Waals surface area contributed by atoms with Gasteiger partial charge in [-0.1, -0.05) is 29.3 Å². The van der Waals surface area contributed by atoms with Crippen LogP contribution in [0.1, 0.15) is 0 Å². The first-order valence-corrected chi connectivity index (χ1v) is 8.65. The Morgan fingerprint density at radius 2 is 1.86 bits per heavy atom. The zero-order chi connectivity index (χ0) is 16.1. The monoisotopic (exact) mass is 374 g/mol. The van der Waals surface area contributed by atoms with Crippen LogP contribution in [0.5, 0.6) is 0 Å². The Labute approximate surface area is 141 Å². The molecule has 2 aromatic carbocycles. The predicted molar refractivity (Wildman–Crippen MR) is 88.6 cm³/mol. The molecule has 3 rings (SSSR count). The number of fused-ring (bicyclic) bond motifs is 1. The number of carbonyl (C=O) groups excluding carboxylic acids is 1. The van der Waals surface area contributed by atoms with E-state index in [9.17, 15) is 13.2 Å². The minimum absolute atomic E-state index is 0.0388. The molecule has 1 N–H and O–H groups in total. The number of halogens is 2. The molecule has 0 radical (unpaired) electrons. The van der Waals surface area contributed by atoms with Crippen molar-refractivity contribution < 1.29 is 13.2 Å². The van der Waals surface area contributed by atoms with Gasteiger partial charge >= 0.3 is 0 Å². The van der Waals surface area contributed by atoms with Gasteiger partial charge in [-0.3, -0.25) is 4.79 Å². The first-order valence-electron chi connectivity index (χ1n) is 6.04. The van der Waals surface area contributed by atoms with Crippen molar-refractivity contribution >= 4 is 67.2 Å². The van der Waals surface area contributed by atoms with E-state index in [0.29, 0.717) is 10.4 Å². The number of hydrogen-bond acceptors (Lipinski definition) is 4. The fraction of sp³-hybridized carbons (Fsp3) is 0.0769. The summed E-state index contributed by atoms with van der Waals surface area (Å²) >= 11 is 16.9. The SMILES string of the molecule is O=C1CN(S(=O)(=O)c2cc3ccc(Cl)cc3cc2Cl)C(=S)N1. The lowest BCUT2D eigenvalue weighted by molar-refractivity contribution is -0.118. The lowest BCUT2D eigenvalue weighted by Gasteiger charge is -2.17. The molecule has 0 atom stereocenters. The van der Waals surface area contributed by atoms with E-state index in [0.717, 1.165) is 9.69 Å². The third kappa shape index (κ3) is 2.54. The normalized spacial score (nSPS) is 15.5. The number of nitrogens with zero attached hydrogens (tertiary/aromatic N) is 1. The molecule has 0 spiro atoms. The molecule has 1 amide bonds. The van der Waals surface area contributed by atoms with Crippen molar-refractivity contribution in [2.24, 2.45) is 0 Å². The maximum Gasteiger partial charge on any atom is 0.268 e. The molecule has 1 fully saturated rings. The van der Waals surface area contributed by atoms with Crippen LogP contribution in [-0.4, -0.2) is 30.3 Å². The van der Waals surface area contributed by atoms with Crippen molar-refractivity contribution in [1.29, 1.82) is 0 Å². The topological polar surface area (TPSA) is 66.5 Å². The molecule has 0 aliphatic carbocycles. The Kier molecular flexibility index (Phi) is 3.76. The number of rotatable bonds is 2. The van der Waals surface area contributed by atoms with Gasteiger partial charge in [0.15, 0.2) is 5.11 Å². The third-order valence-electron chi connectivity index (χ3n) is 3.18. The summed E-state index contributed by atoms with van der Waals surface area (Å²) in [6.45, 7) is -0.351. The highest BCUT2D eigenvalue weighted by Crippen LogP contribution is 2.31. The molecule has 1 aliphatic heterocycles. The summed E-state index contributed by atoms with van der Waals surface area (Å²) in [5.74, 6) is -0.475. The maximum atomic E-state index is 12.7. The van der Waals surface area contributed by atoms with Gasteiger partial charge in [0.05, 0.1) is 5.02 Å². The van der Waals surface area contributed by atoms with Gasteiger partial charge in [0.1, 0.15) is 11.4 Å². The van der Waals surface area contributed by atoms with Gasteiger partial charge in [-0.05, 0) is 47.3 Å². The molecule has 9 heteroatoms. The molecule has 0 bridgehead atoms. The van der Waals surface area contributed by atoms with E-state index in [2.05, 4.69) is 5.32 Å². The Bertz CT molecular complexity index is 928. The standard InChI is InChI=1S/C13H8Cl2N2O3S2/c14-9-2-1-7-5-11(10(15)4-8(7)3-9)22(19,20)17-6-12(18)16-13(17)21/h1-5H,6H2,(H,16,18,21). The highest BCUT2D eigenvalue weighted by atomic mass is 35.5. The summed E-state index contributed by atoms with van der Waals surface area (Å²) in [5.41, 5.74) is 0. The van der Waals surface area contributed by atoms with Crippen LogP contribution >= 0.6 is 35.4 Å². The number of amides is 1. The second-order valence-corrected chi connectivity index (χ2v) is 7.70. The smallest absolute Gasteiger partial charge is 0.268 e. The maximum absolute atomic E-state index is 12.7. The van der Waals surface area contributed by atoms with Gasteiger partial charge in [-0.15, -0.1) is 0 Å². The predicted octanol–water partition coefficient (Wildman–Crippen LogP) is 2.55. The molecular weight excluding hydrogens is 367 g/mol. The number of nitrogens with one attached hydrogen (secondary N) is 1. The quantitative estimate of drug-likeness (QED) is 0.820. The summed E-state index contributed by atoms with van der Waals surface area (Å²) in [5, 5.41) is 4.07. The summed E-state index contributed by atoms with van der Waals surface area (Å²) in [6.07, 6.45) is 0. The van der Waals surface area contributed by atoms with Crippen molar-refractivity contribution in [3.05, 3.63) is 40.4 Å². The number of thiocarbonyl (C=S) groups is 1. The van der Waals surface area contributed by atoms with Crippen molar-refractivity contribution in [2.75, 3.05) is 6.54 Å². The molecule has 0 unspecified atom stereocenters. The Morgan fingerprint density at radius 1 is 1.14 bits per heavy atom. The van der Waals surface area contributed by atoms with Gasteiger partial charge in [-0.2, -0.15) is 0 Å². The fourth-order valence-corrected chi connectivity index (χ4v) is 4.64. The highest BCUT2D eigenvalue weighted by molar-refractivity contribution is 7.91. The molecule has 1 heterocycles. The second kappa shape index (κ2) is 5.34. The van der Waals surface area contributed by atoms with Crippen molar-refractivity contribution in [3.63, 3.8) is 0 Å². The summed E-state index contributed by atoms with van der Waals surface area (Å²) in [6, 6.07) is 7.99. The molecule has 22 heavy (non-hydrogen) atoms. The van der Waals surface area contributed by atoms with E-state index in [-0.39, 0.29) is 21.6 Å². The molecule has 5 nitrogen and oxygen atoms in total. The van der Waals surface area contributed by atoms with E-state index < -0.39 is 15.9 Å². The van der Waals surface area contributed by atoms with Crippen LogP contribution in [0.3, 0.4) is 0 Å². The van der Waals surface area contributed by atoms with Crippen LogP contribution in [0.25, 0.3) is 10.8 Å². The number of hydrogen-bond donors (Lipinski definition) is 1. The van der Waals surface area contributed by atoms with Gasteiger partial charge in [0, 0.05) is 5.02 Å². The average molecular weight is 375 g/mol. The average Bonchev–Trinajstić information content (AvgIpc) is 2.77. The zero-order valence-corrected chi connectivity index (χ0v) is 14.0. The van der Waals surface area contributed by atoms with E-state index in [1.165, 1.54) is 12.1 Å². The number of carbonyl (C=O) groups is 1. The van der Waals surface area contributed by atoms with Crippen molar-refractivity contribution in [1.82, 2.24) is 9.62 Å². The number of sulfonamides is 1. The van der Waals surface area contributed by atoms with Crippen molar-refractivity contribution in [2.45, 2.75) is 4.90 Å². The second-order valence-electron chi connectivity index (χ2n) is 4.64. The van der Waals surface area contributed by atoms with E-state index in [1.807, 2.05) is 0 Å². The van der Waals surface area contributed by atoms with Crippen LogP contribution in [0.4, 0.5) is 0 Å². The molecular formula is C13H8Cl2N2O3S2. The Hall–Kier alpha value is -1.41. The first kappa shape index (κ1) is 15.5. The van der Waals surface area contributed by atoms with Crippen LogP contribution < -0.4 is 5.32 Å². The zero-order valence-electron chi connectivity index (χ0n) is 10.8. The van der Waals surface area contributed by atoms with E-state index >= 15 is 0 Å². The minimum Gasteiger partial charge on any atom is -0.301 e. The van der Waals surface area contributed by atoms with Crippen molar-refractivity contribution in [3.8, 4) is 0 Å². The lowest BCUT2D eigenvalue weighted by Crippen LogP contribution is -2.34. The Morgan fingerprint density at radius 3 is 2.50 bits per heavy atom. The van der Waals surface area contributed by atoms with Crippen LogP contribution in [0.2, 0.25) is 10.0 Å². The summed E-state index contributed by atoms with van der Waals surface area (Å²) in [4.78, 5) is 11.2. The largest absolute Gasteiger partial charge is 0.301 e. The Balaban J connectivity index is 2.17. The van der Waals surface area contributed by atoms with E-state index in [1.54, 1.807) is 18.2 Å². The van der Waals surface area contributed by atoms with Gasteiger partial charge in [0.25, 0.3) is 10.0 Å². The highest BCUT2D eigenvalue weighted by Gasteiger charge is 2.36. The number of benzene rings is 2. The summed E-state index contributed by atoms with van der Waals surface area (Å²) < 4.78 is 26.1. The molecule has 0 aromatic heterocycles. The van der Waals surface area contributed by atoms with Crippen LogP contribution in [-0.2, 0) is 14.8 Å². The van der Waals surface area contributed by atoms with Gasteiger partial charge in [-0.25, -0.2) is 12.7 Å². The molecule has 2 aromatic rings. The summed E-state index contributed by atoms with van der Waals surface area (Å²) in [7, 11) is -4.01. The minimum atomic E-state index is -4.01. The third-order valence-corrected chi connectivity index (χ3v) is 6.06. The van der Waals surface area contributed by atoms with Crippen LogP contribution in [0, 0.1) is 0 Å². The molecule has 1 saturated heterocycles. The molecule has 114 valence electrons.